The molecule has 0 aliphatic rings. The summed E-state index contributed by atoms with van der Waals surface area (Å²) in [7, 11) is 1.53. The van der Waals surface area contributed by atoms with Crippen LogP contribution >= 0.6 is 0 Å². The van der Waals surface area contributed by atoms with Gasteiger partial charge in [-0.1, -0.05) is 19.1 Å². The molecule has 3 aromatic rings. The van der Waals surface area contributed by atoms with Gasteiger partial charge in [0.05, 0.1) is 7.11 Å². The van der Waals surface area contributed by atoms with E-state index in [0.29, 0.717) is 29.9 Å². The van der Waals surface area contributed by atoms with Crippen LogP contribution in [0.1, 0.15) is 18.1 Å². The Bertz CT molecular complexity index is 1100. The average molecular weight is 394 g/mol. The summed E-state index contributed by atoms with van der Waals surface area (Å²) < 4.78 is 21.4. The number of aryl methyl sites for hydroxylation is 1. The number of rotatable bonds is 8. The monoisotopic (exact) mass is 394 g/mol. The lowest BCUT2D eigenvalue weighted by Gasteiger charge is -2.12. The van der Waals surface area contributed by atoms with Crippen LogP contribution in [0.4, 0.5) is 0 Å². The van der Waals surface area contributed by atoms with Gasteiger partial charge in [0.2, 0.25) is 0 Å². The van der Waals surface area contributed by atoms with Crippen molar-refractivity contribution < 1.29 is 23.4 Å². The summed E-state index contributed by atoms with van der Waals surface area (Å²) in [5.74, 6) is 0.650. The smallest absolute Gasteiger partial charge is 0.349 e. The van der Waals surface area contributed by atoms with E-state index in [-0.39, 0.29) is 12.4 Å². The highest BCUT2D eigenvalue weighted by molar-refractivity contribution is 5.83. The Labute approximate surface area is 168 Å². The van der Waals surface area contributed by atoms with Crippen LogP contribution in [0.2, 0.25) is 0 Å². The van der Waals surface area contributed by atoms with Crippen LogP contribution in [0.25, 0.3) is 11.0 Å². The standard InChI is InChI=1S/C23H22O6/c1-4-6-15-7-10-19(21(11-15)26-3)27-14-23(25)28-17-8-9-18-16(5-2)12-22(24)29-20(18)13-17/h4,7-13H,1,5-6,14H2,2-3H3. The van der Waals surface area contributed by atoms with Crippen LogP contribution in [0, 0.1) is 0 Å². The number of hydrogen-bond donors (Lipinski definition) is 0. The van der Waals surface area contributed by atoms with Crippen molar-refractivity contribution in [3.63, 3.8) is 0 Å². The number of ether oxygens (including phenoxy) is 3. The highest BCUT2D eigenvalue weighted by atomic mass is 16.6. The van der Waals surface area contributed by atoms with Gasteiger partial charge in [-0.05, 0) is 48.2 Å². The highest BCUT2D eigenvalue weighted by Crippen LogP contribution is 2.28. The van der Waals surface area contributed by atoms with Gasteiger partial charge in [-0.3, -0.25) is 0 Å². The van der Waals surface area contributed by atoms with Crippen LogP contribution in [-0.2, 0) is 17.6 Å². The Morgan fingerprint density at radius 3 is 2.69 bits per heavy atom. The van der Waals surface area contributed by atoms with Crippen LogP contribution in [0.5, 0.6) is 17.2 Å². The quantitative estimate of drug-likeness (QED) is 0.248. The number of carbonyl (C=O) groups is 1. The number of esters is 1. The molecule has 0 bridgehead atoms. The first-order valence-corrected chi connectivity index (χ1v) is 9.22. The molecule has 6 heteroatoms. The number of hydrogen-bond acceptors (Lipinski definition) is 6. The van der Waals surface area contributed by atoms with E-state index in [9.17, 15) is 9.59 Å². The maximum absolute atomic E-state index is 12.2. The summed E-state index contributed by atoms with van der Waals surface area (Å²) in [5, 5.41) is 0.812. The minimum atomic E-state index is -0.587. The fourth-order valence-electron chi connectivity index (χ4n) is 2.99. The summed E-state index contributed by atoms with van der Waals surface area (Å²) in [4.78, 5) is 23.9. The van der Waals surface area contributed by atoms with E-state index in [2.05, 4.69) is 6.58 Å². The summed E-state index contributed by atoms with van der Waals surface area (Å²) in [6, 6.07) is 11.9. The number of allylic oxidation sites excluding steroid dienone is 1. The zero-order valence-electron chi connectivity index (χ0n) is 16.4. The van der Waals surface area contributed by atoms with Crippen LogP contribution in [0.15, 0.2) is 64.3 Å². The SMILES string of the molecule is C=CCc1ccc(OCC(=O)Oc2ccc3c(CC)cc(=O)oc3c2)c(OC)c1. The molecule has 0 fully saturated rings. The van der Waals surface area contributed by atoms with Gasteiger partial charge >= 0.3 is 11.6 Å². The molecule has 150 valence electrons. The molecule has 0 saturated carbocycles. The van der Waals surface area contributed by atoms with Crippen molar-refractivity contribution in [2.75, 3.05) is 13.7 Å². The molecule has 3 rings (SSSR count). The molecule has 0 N–H and O–H groups in total. The van der Waals surface area contributed by atoms with Gasteiger partial charge in [-0.15, -0.1) is 6.58 Å². The molecule has 0 radical (unpaired) electrons. The van der Waals surface area contributed by atoms with Gasteiger partial charge in [-0.25, -0.2) is 9.59 Å². The lowest BCUT2D eigenvalue weighted by atomic mass is 10.1. The van der Waals surface area contributed by atoms with Crippen LogP contribution in [-0.4, -0.2) is 19.7 Å². The number of fused-ring (bicyclic) bond motifs is 1. The van der Waals surface area contributed by atoms with Gasteiger partial charge in [0.25, 0.3) is 0 Å². The Kier molecular flexibility index (Phi) is 6.34. The molecule has 2 aromatic carbocycles. The van der Waals surface area contributed by atoms with E-state index >= 15 is 0 Å². The highest BCUT2D eigenvalue weighted by Gasteiger charge is 2.12. The zero-order chi connectivity index (χ0) is 20.8. The molecule has 0 saturated heterocycles. The number of methoxy groups -OCH3 is 1. The van der Waals surface area contributed by atoms with E-state index in [4.69, 9.17) is 18.6 Å². The second kappa shape index (κ2) is 9.10. The summed E-state index contributed by atoms with van der Waals surface area (Å²) >= 11 is 0. The van der Waals surface area contributed by atoms with Gasteiger partial charge in [0, 0.05) is 17.5 Å². The summed E-state index contributed by atoms with van der Waals surface area (Å²) in [6.07, 6.45) is 3.20. The topological polar surface area (TPSA) is 75.0 Å². The lowest BCUT2D eigenvalue weighted by Crippen LogP contribution is -2.18. The first kappa shape index (κ1) is 20.2. The molecule has 1 heterocycles. The fraction of sp³-hybridized carbons (Fsp3) is 0.217. The van der Waals surface area contributed by atoms with Crippen molar-refractivity contribution in [2.45, 2.75) is 19.8 Å². The summed E-state index contributed by atoms with van der Waals surface area (Å²) in [6.45, 7) is 5.37. The maximum Gasteiger partial charge on any atom is 0.349 e. The first-order chi connectivity index (χ1) is 14.0. The molecular formula is C23H22O6. The van der Waals surface area contributed by atoms with Gasteiger partial charge in [0.1, 0.15) is 11.3 Å². The third-order valence-electron chi connectivity index (χ3n) is 4.37. The molecule has 6 nitrogen and oxygen atoms in total. The van der Waals surface area contributed by atoms with Gasteiger partial charge < -0.3 is 18.6 Å². The molecule has 0 aliphatic carbocycles. The summed E-state index contributed by atoms with van der Waals surface area (Å²) in [5.41, 5.74) is 1.84. The normalized spacial score (nSPS) is 10.6. The van der Waals surface area contributed by atoms with Crippen molar-refractivity contribution in [1.29, 1.82) is 0 Å². The van der Waals surface area contributed by atoms with Crippen molar-refractivity contribution in [1.82, 2.24) is 0 Å². The Morgan fingerprint density at radius 2 is 1.97 bits per heavy atom. The van der Waals surface area contributed by atoms with Gasteiger partial charge in [-0.2, -0.15) is 0 Å². The number of benzene rings is 2. The minimum absolute atomic E-state index is 0.274. The van der Waals surface area contributed by atoms with Crippen molar-refractivity contribution in [3.8, 4) is 17.2 Å². The van der Waals surface area contributed by atoms with E-state index in [1.54, 1.807) is 24.3 Å². The largest absolute Gasteiger partial charge is 0.493 e. The molecule has 0 aliphatic heterocycles. The Balaban J connectivity index is 1.69. The van der Waals surface area contributed by atoms with E-state index in [1.807, 2.05) is 19.1 Å². The molecule has 1 aromatic heterocycles. The fourth-order valence-corrected chi connectivity index (χ4v) is 2.99. The molecule has 0 unspecified atom stereocenters. The second-order valence-corrected chi connectivity index (χ2v) is 6.34. The van der Waals surface area contributed by atoms with Gasteiger partial charge in [0.15, 0.2) is 18.1 Å². The van der Waals surface area contributed by atoms with Crippen molar-refractivity contribution in [3.05, 3.63) is 76.7 Å². The predicted molar refractivity (Wildman–Crippen MR) is 110 cm³/mol. The third kappa shape index (κ3) is 4.85. The second-order valence-electron chi connectivity index (χ2n) is 6.34. The van der Waals surface area contributed by atoms with E-state index < -0.39 is 11.6 Å². The molecular weight excluding hydrogens is 372 g/mol. The van der Waals surface area contributed by atoms with E-state index in [1.165, 1.54) is 19.2 Å². The lowest BCUT2D eigenvalue weighted by molar-refractivity contribution is -0.136. The molecule has 0 atom stereocenters. The van der Waals surface area contributed by atoms with Crippen molar-refractivity contribution in [2.24, 2.45) is 0 Å². The third-order valence-corrected chi connectivity index (χ3v) is 4.37. The molecule has 0 amide bonds. The number of carbonyl (C=O) groups excluding carboxylic acids is 1. The van der Waals surface area contributed by atoms with Crippen molar-refractivity contribution >= 4 is 16.9 Å². The minimum Gasteiger partial charge on any atom is -0.493 e. The maximum atomic E-state index is 12.2. The first-order valence-electron chi connectivity index (χ1n) is 9.22. The van der Waals surface area contributed by atoms with E-state index in [0.717, 1.165) is 16.5 Å². The zero-order valence-corrected chi connectivity index (χ0v) is 16.4. The Hall–Kier alpha value is -3.54. The van der Waals surface area contributed by atoms with Crippen LogP contribution in [0.3, 0.4) is 0 Å². The molecule has 29 heavy (non-hydrogen) atoms. The average Bonchev–Trinajstić information content (AvgIpc) is 2.72. The van der Waals surface area contributed by atoms with Crippen LogP contribution < -0.4 is 19.8 Å². The molecule has 0 spiro atoms. The Morgan fingerprint density at radius 1 is 1.14 bits per heavy atom. The predicted octanol–water partition coefficient (Wildman–Crippen LogP) is 4.08.